The minimum atomic E-state index is -3.51. The van der Waals surface area contributed by atoms with E-state index in [4.69, 9.17) is 14.1 Å². The zero-order valence-corrected chi connectivity index (χ0v) is 20.9. The van der Waals surface area contributed by atoms with E-state index in [2.05, 4.69) is 0 Å². The summed E-state index contributed by atoms with van der Waals surface area (Å²) < 4.78 is 37.0. The van der Waals surface area contributed by atoms with Gasteiger partial charge in [-0.15, -0.1) is 0 Å². The normalized spacial score (nSPS) is 11.6. The topological polar surface area (TPSA) is 89.7 Å². The highest BCUT2D eigenvalue weighted by Gasteiger charge is 2.23. The number of hydrogen-bond acceptors (Lipinski definition) is 7. The van der Waals surface area contributed by atoms with Crippen LogP contribution in [0.4, 0.5) is 5.13 Å². The van der Waals surface area contributed by atoms with Crippen LogP contribution in [0.25, 0.3) is 10.2 Å². The number of sulfone groups is 1. The van der Waals surface area contributed by atoms with Crippen molar-refractivity contribution in [1.29, 1.82) is 0 Å². The van der Waals surface area contributed by atoms with E-state index >= 15 is 0 Å². The molecule has 0 aliphatic heterocycles. The number of furan rings is 1. The summed E-state index contributed by atoms with van der Waals surface area (Å²) in [7, 11) is -1.99. The molecule has 0 aliphatic carbocycles. The summed E-state index contributed by atoms with van der Waals surface area (Å²) in [6.45, 7) is 4.25. The second kappa shape index (κ2) is 9.99. The molecular formula is C25H26N2O5S2. The molecule has 0 aliphatic rings. The number of carbonyl (C=O) groups is 1. The molecule has 0 spiro atoms. The fourth-order valence-electron chi connectivity index (χ4n) is 3.63. The molecule has 0 unspecified atom stereocenters. The SMILES string of the molecule is COc1ccc(S(=O)(=O)CCCC(=O)N(Cc2ccco2)c2nc3c(C)ccc(C)c3s2)cc1. The van der Waals surface area contributed by atoms with Gasteiger partial charge < -0.3 is 9.15 Å². The van der Waals surface area contributed by atoms with Crippen LogP contribution in [0.1, 0.15) is 29.7 Å². The van der Waals surface area contributed by atoms with Crippen molar-refractivity contribution in [3.05, 3.63) is 71.7 Å². The van der Waals surface area contributed by atoms with Crippen molar-refractivity contribution >= 4 is 42.4 Å². The minimum absolute atomic E-state index is 0.0734. The maximum atomic E-state index is 13.3. The fraction of sp³-hybridized carbons (Fsp3) is 0.280. The fourth-order valence-corrected chi connectivity index (χ4v) is 6.07. The van der Waals surface area contributed by atoms with Crippen molar-refractivity contribution in [2.75, 3.05) is 17.8 Å². The van der Waals surface area contributed by atoms with Crippen LogP contribution in [-0.2, 0) is 21.2 Å². The van der Waals surface area contributed by atoms with Crippen molar-refractivity contribution in [1.82, 2.24) is 4.98 Å². The number of hydrogen-bond donors (Lipinski definition) is 0. The van der Waals surface area contributed by atoms with Crippen molar-refractivity contribution in [2.45, 2.75) is 38.1 Å². The summed E-state index contributed by atoms with van der Waals surface area (Å²) in [6, 6.07) is 13.9. The van der Waals surface area contributed by atoms with E-state index < -0.39 is 9.84 Å². The Bertz CT molecular complexity index is 1350. The number of rotatable bonds is 9. The summed E-state index contributed by atoms with van der Waals surface area (Å²) in [5.74, 6) is 0.893. The second-order valence-electron chi connectivity index (χ2n) is 8.03. The molecule has 0 atom stereocenters. The molecule has 0 radical (unpaired) electrons. The van der Waals surface area contributed by atoms with Crippen LogP contribution in [0.3, 0.4) is 0 Å². The van der Waals surface area contributed by atoms with Gasteiger partial charge in [0.1, 0.15) is 11.5 Å². The molecule has 178 valence electrons. The Labute approximate surface area is 202 Å². The first kappa shape index (κ1) is 24.0. The molecule has 0 saturated carbocycles. The highest BCUT2D eigenvalue weighted by atomic mass is 32.2. The largest absolute Gasteiger partial charge is 0.497 e. The zero-order valence-electron chi connectivity index (χ0n) is 19.3. The molecule has 4 aromatic rings. The van der Waals surface area contributed by atoms with Crippen molar-refractivity contribution in [3.63, 3.8) is 0 Å². The Morgan fingerprint density at radius 2 is 1.82 bits per heavy atom. The van der Waals surface area contributed by atoms with Gasteiger partial charge in [-0.1, -0.05) is 23.5 Å². The Balaban J connectivity index is 1.52. The number of amides is 1. The molecule has 0 bridgehead atoms. The Morgan fingerprint density at radius 1 is 1.09 bits per heavy atom. The van der Waals surface area contributed by atoms with Crippen molar-refractivity contribution in [2.24, 2.45) is 0 Å². The molecule has 2 aromatic carbocycles. The monoisotopic (exact) mass is 498 g/mol. The Morgan fingerprint density at radius 3 is 2.47 bits per heavy atom. The van der Waals surface area contributed by atoms with E-state index in [0.29, 0.717) is 16.6 Å². The molecule has 2 heterocycles. The quantitative estimate of drug-likeness (QED) is 0.311. The maximum Gasteiger partial charge on any atom is 0.229 e. The van der Waals surface area contributed by atoms with Crippen molar-refractivity contribution < 1.29 is 22.4 Å². The summed E-state index contributed by atoms with van der Waals surface area (Å²) in [6.07, 6.45) is 1.83. The molecule has 34 heavy (non-hydrogen) atoms. The number of benzene rings is 2. The first-order valence-corrected chi connectivity index (χ1v) is 13.3. The first-order chi connectivity index (χ1) is 16.3. The molecule has 0 N–H and O–H groups in total. The lowest BCUT2D eigenvalue weighted by atomic mass is 10.1. The molecule has 9 heteroatoms. The molecular weight excluding hydrogens is 472 g/mol. The van der Waals surface area contributed by atoms with Crippen LogP contribution in [-0.4, -0.2) is 32.2 Å². The smallest absolute Gasteiger partial charge is 0.229 e. The van der Waals surface area contributed by atoms with Gasteiger partial charge in [0.25, 0.3) is 0 Å². The minimum Gasteiger partial charge on any atom is -0.497 e. The number of ether oxygens (including phenoxy) is 1. The van der Waals surface area contributed by atoms with E-state index in [0.717, 1.165) is 21.3 Å². The second-order valence-corrected chi connectivity index (χ2v) is 11.1. The summed E-state index contributed by atoms with van der Waals surface area (Å²) in [5, 5.41) is 0.576. The van der Waals surface area contributed by atoms with Gasteiger partial charge in [-0.3, -0.25) is 9.69 Å². The first-order valence-electron chi connectivity index (χ1n) is 10.8. The molecule has 0 fully saturated rings. The Kier molecular flexibility index (Phi) is 7.04. The van der Waals surface area contributed by atoms with Crippen LogP contribution in [0.15, 0.2) is 64.1 Å². The average molecular weight is 499 g/mol. The van der Waals surface area contributed by atoms with Crippen LogP contribution in [0.2, 0.25) is 0 Å². The molecule has 2 aromatic heterocycles. The van der Waals surface area contributed by atoms with Gasteiger partial charge in [0.15, 0.2) is 15.0 Å². The third-order valence-corrected chi connectivity index (χ3v) is 8.61. The van der Waals surface area contributed by atoms with Crippen molar-refractivity contribution in [3.8, 4) is 5.75 Å². The third-order valence-electron chi connectivity index (χ3n) is 5.58. The number of fused-ring (bicyclic) bond motifs is 1. The third kappa shape index (κ3) is 5.15. The van der Waals surface area contributed by atoms with Gasteiger partial charge in [-0.05, 0) is 67.8 Å². The van der Waals surface area contributed by atoms with Gasteiger partial charge in [0.2, 0.25) is 5.91 Å². The summed E-state index contributed by atoms with van der Waals surface area (Å²) in [5.41, 5.74) is 3.01. The zero-order chi connectivity index (χ0) is 24.3. The van der Waals surface area contributed by atoms with Gasteiger partial charge in [-0.2, -0.15) is 0 Å². The van der Waals surface area contributed by atoms with Crippen LogP contribution in [0, 0.1) is 13.8 Å². The number of anilines is 1. The number of thiazole rings is 1. The number of aryl methyl sites for hydroxylation is 2. The van der Waals surface area contributed by atoms with E-state index in [-0.39, 0.29) is 35.9 Å². The van der Waals surface area contributed by atoms with Gasteiger partial charge in [0.05, 0.1) is 40.8 Å². The lowest BCUT2D eigenvalue weighted by molar-refractivity contribution is -0.118. The van der Waals surface area contributed by atoms with Gasteiger partial charge in [-0.25, -0.2) is 13.4 Å². The molecule has 7 nitrogen and oxygen atoms in total. The molecule has 4 rings (SSSR count). The summed E-state index contributed by atoms with van der Waals surface area (Å²) >= 11 is 1.46. The standard InChI is InChI=1S/C25H26N2O5S2/c1-17-8-9-18(2)24-23(17)26-25(33-24)27(16-20-6-4-14-32-20)22(28)7-5-15-34(29,30)21-12-10-19(31-3)11-13-21/h4,6,8-14H,5,7,15-16H2,1-3H3. The highest BCUT2D eigenvalue weighted by Crippen LogP contribution is 2.34. The number of carbonyl (C=O) groups excluding carboxylic acids is 1. The van der Waals surface area contributed by atoms with Gasteiger partial charge in [0, 0.05) is 6.42 Å². The average Bonchev–Trinajstić information content (AvgIpc) is 3.50. The lowest BCUT2D eigenvalue weighted by Gasteiger charge is -2.18. The predicted octanol–water partition coefficient (Wildman–Crippen LogP) is 5.30. The number of nitrogens with zero attached hydrogens (tertiary/aromatic N) is 2. The molecule has 0 saturated heterocycles. The maximum absolute atomic E-state index is 13.3. The van der Waals surface area contributed by atoms with E-state index in [1.54, 1.807) is 35.4 Å². The van der Waals surface area contributed by atoms with Crippen LogP contribution < -0.4 is 9.64 Å². The van der Waals surface area contributed by atoms with Crippen LogP contribution >= 0.6 is 11.3 Å². The predicted molar refractivity (Wildman–Crippen MR) is 133 cm³/mol. The number of methoxy groups -OCH3 is 1. The summed E-state index contributed by atoms with van der Waals surface area (Å²) in [4.78, 5) is 19.8. The Hall–Kier alpha value is -3.17. The molecule has 1 amide bonds. The van der Waals surface area contributed by atoms with E-state index in [1.807, 2.05) is 26.0 Å². The van der Waals surface area contributed by atoms with E-state index in [9.17, 15) is 13.2 Å². The van der Waals surface area contributed by atoms with E-state index in [1.165, 1.54) is 30.6 Å². The highest BCUT2D eigenvalue weighted by molar-refractivity contribution is 7.91. The number of aromatic nitrogens is 1. The van der Waals surface area contributed by atoms with Gasteiger partial charge >= 0.3 is 0 Å². The van der Waals surface area contributed by atoms with Crippen LogP contribution in [0.5, 0.6) is 5.75 Å². The lowest BCUT2D eigenvalue weighted by Crippen LogP contribution is -2.30.